The molecular formula is C13H18O2. The maximum atomic E-state index is 5.62. The Balaban J connectivity index is 2.25. The molecule has 1 aliphatic rings. The lowest BCUT2D eigenvalue weighted by Crippen LogP contribution is -2.37. The molecule has 1 saturated heterocycles. The summed E-state index contributed by atoms with van der Waals surface area (Å²) in [5, 5.41) is 0. The normalized spacial score (nSPS) is 24.7. The second-order valence-electron chi connectivity index (χ2n) is 4.24. The summed E-state index contributed by atoms with van der Waals surface area (Å²) in [7, 11) is 0. The molecule has 0 N–H and O–H groups in total. The lowest BCUT2D eigenvalue weighted by Gasteiger charge is -2.39. The van der Waals surface area contributed by atoms with Gasteiger partial charge in [-0.15, -0.1) is 0 Å². The molecule has 0 amide bonds. The van der Waals surface area contributed by atoms with Gasteiger partial charge in [0.25, 0.3) is 0 Å². The average Bonchev–Trinajstić information content (AvgIpc) is 2.18. The largest absolute Gasteiger partial charge is 0.494 e. The minimum Gasteiger partial charge on any atom is -0.494 e. The van der Waals surface area contributed by atoms with Crippen LogP contribution in [0.15, 0.2) is 18.2 Å². The first kappa shape index (κ1) is 10.5. The van der Waals surface area contributed by atoms with Crippen LogP contribution < -0.4 is 4.74 Å². The molecule has 1 fully saturated rings. The molecule has 2 heteroatoms. The smallest absolute Gasteiger partial charge is 0.122 e. The van der Waals surface area contributed by atoms with Gasteiger partial charge in [-0.05, 0) is 44.0 Å². The zero-order valence-corrected chi connectivity index (χ0v) is 9.67. The topological polar surface area (TPSA) is 18.5 Å². The summed E-state index contributed by atoms with van der Waals surface area (Å²) >= 11 is 0. The van der Waals surface area contributed by atoms with Gasteiger partial charge in [-0.3, -0.25) is 0 Å². The predicted molar refractivity (Wildman–Crippen MR) is 60.3 cm³/mol. The highest BCUT2D eigenvalue weighted by atomic mass is 16.5. The molecule has 0 aromatic heterocycles. The third-order valence-corrected chi connectivity index (χ3v) is 3.09. The number of hydrogen-bond donors (Lipinski definition) is 0. The van der Waals surface area contributed by atoms with Crippen molar-refractivity contribution < 1.29 is 9.47 Å². The minimum atomic E-state index is -0.0600. The van der Waals surface area contributed by atoms with Crippen molar-refractivity contribution in [2.75, 3.05) is 13.2 Å². The van der Waals surface area contributed by atoms with E-state index in [0.717, 1.165) is 18.8 Å². The zero-order chi connectivity index (χ0) is 10.9. The summed E-state index contributed by atoms with van der Waals surface area (Å²) in [5.41, 5.74) is 2.39. The highest BCUT2D eigenvalue weighted by molar-refractivity contribution is 5.38. The number of benzene rings is 1. The van der Waals surface area contributed by atoms with Crippen molar-refractivity contribution in [2.24, 2.45) is 0 Å². The Kier molecular flexibility index (Phi) is 2.70. The molecule has 0 spiro atoms. The number of aryl methyl sites for hydroxylation is 1. The van der Waals surface area contributed by atoms with Gasteiger partial charge < -0.3 is 9.47 Å². The van der Waals surface area contributed by atoms with Crippen LogP contribution in [0.2, 0.25) is 0 Å². The second-order valence-corrected chi connectivity index (χ2v) is 4.24. The summed E-state index contributed by atoms with van der Waals surface area (Å²) in [6.45, 7) is 7.82. The molecule has 15 heavy (non-hydrogen) atoms. The minimum absolute atomic E-state index is 0.0600. The fourth-order valence-corrected chi connectivity index (χ4v) is 1.93. The van der Waals surface area contributed by atoms with Crippen molar-refractivity contribution in [3.8, 4) is 5.75 Å². The van der Waals surface area contributed by atoms with Crippen molar-refractivity contribution in [1.82, 2.24) is 0 Å². The van der Waals surface area contributed by atoms with E-state index in [1.165, 1.54) is 11.1 Å². The van der Waals surface area contributed by atoms with Crippen LogP contribution in [0.5, 0.6) is 5.75 Å². The van der Waals surface area contributed by atoms with E-state index in [9.17, 15) is 0 Å². The maximum Gasteiger partial charge on any atom is 0.122 e. The summed E-state index contributed by atoms with van der Waals surface area (Å²) in [4.78, 5) is 0. The van der Waals surface area contributed by atoms with Gasteiger partial charge in [-0.2, -0.15) is 0 Å². The maximum absolute atomic E-state index is 5.62. The molecule has 1 unspecified atom stereocenters. The molecule has 2 rings (SSSR count). The van der Waals surface area contributed by atoms with Crippen molar-refractivity contribution in [2.45, 2.75) is 32.8 Å². The molecule has 0 aliphatic carbocycles. The van der Waals surface area contributed by atoms with E-state index >= 15 is 0 Å². The van der Waals surface area contributed by atoms with Crippen LogP contribution in [0.1, 0.15) is 31.4 Å². The average molecular weight is 206 g/mol. The van der Waals surface area contributed by atoms with Gasteiger partial charge in [0, 0.05) is 6.42 Å². The molecule has 1 aromatic rings. The number of hydrogen-bond acceptors (Lipinski definition) is 2. The first-order chi connectivity index (χ1) is 7.15. The zero-order valence-electron chi connectivity index (χ0n) is 9.67. The summed E-state index contributed by atoms with van der Waals surface area (Å²) < 4.78 is 11.1. The molecule has 1 atom stereocenters. The monoisotopic (exact) mass is 206 g/mol. The van der Waals surface area contributed by atoms with Gasteiger partial charge in [0.2, 0.25) is 0 Å². The first-order valence-corrected chi connectivity index (χ1v) is 5.53. The van der Waals surface area contributed by atoms with E-state index in [1.54, 1.807) is 0 Å². The van der Waals surface area contributed by atoms with Crippen LogP contribution in [0, 0.1) is 6.92 Å². The molecule has 0 bridgehead atoms. The number of rotatable bonds is 3. The second kappa shape index (κ2) is 3.86. The molecule has 1 aromatic carbocycles. The Morgan fingerprint density at radius 2 is 2.20 bits per heavy atom. The van der Waals surface area contributed by atoms with Crippen LogP contribution in [-0.4, -0.2) is 13.2 Å². The van der Waals surface area contributed by atoms with Crippen LogP contribution in [0.25, 0.3) is 0 Å². The summed E-state index contributed by atoms with van der Waals surface area (Å²) in [6, 6.07) is 6.32. The van der Waals surface area contributed by atoms with E-state index < -0.39 is 0 Å². The van der Waals surface area contributed by atoms with E-state index in [2.05, 4.69) is 26.0 Å². The van der Waals surface area contributed by atoms with Gasteiger partial charge in [-0.25, -0.2) is 0 Å². The van der Waals surface area contributed by atoms with Gasteiger partial charge in [0.05, 0.1) is 18.8 Å². The van der Waals surface area contributed by atoms with E-state index in [0.29, 0.717) is 6.61 Å². The van der Waals surface area contributed by atoms with Gasteiger partial charge in [0.1, 0.15) is 5.75 Å². The van der Waals surface area contributed by atoms with E-state index in [4.69, 9.17) is 9.47 Å². The first-order valence-electron chi connectivity index (χ1n) is 5.53. The van der Waals surface area contributed by atoms with Gasteiger partial charge >= 0.3 is 0 Å². The van der Waals surface area contributed by atoms with Crippen molar-refractivity contribution in [1.29, 1.82) is 0 Å². The van der Waals surface area contributed by atoms with E-state index in [1.807, 2.05) is 13.0 Å². The quantitative estimate of drug-likeness (QED) is 0.756. The number of ether oxygens (including phenoxy) is 2. The van der Waals surface area contributed by atoms with Crippen molar-refractivity contribution >= 4 is 0 Å². The van der Waals surface area contributed by atoms with Crippen LogP contribution in [0.4, 0.5) is 0 Å². The van der Waals surface area contributed by atoms with E-state index in [-0.39, 0.29) is 5.60 Å². The Morgan fingerprint density at radius 3 is 2.67 bits per heavy atom. The molecule has 0 saturated carbocycles. The molecule has 1 heterocycles. The lowest BCUT2D eigenvalue weighted by atomic mass is 9.87. The van der Waals surface area contributed by atoms with Crippen LogP contribution in [-0.2, 0) is 10.3 Å². The summed E-state index contributed by atoms with van der Waals surface area (Å²) in [5.74, 6) is 0.976. The predicted octanol–water partition coefficient (Wildman–Crippen LogP) is 3.03. The van der Waals surface area contributed by atoms with Crippen LogP contribution >= 0.6 is 0 Å². The van der Waals surface area contributed by atoms with Crippen LogP contribution in [0.3, 0.4) is 0 Å². The molecular weight excluding hydrogens is 188 g/mol. The SMILES string of the molecule is CCOc1ccc(C2(C)CCO2)cc1C. The highest BCUT2D eigenvalue weighted by Crippen LogP contribution is 2.38. The Labute approximate surface area is 91.2 Å². The Morgan fingerprint density at radius 1 is 1.47 bits per heavy atom. The molecule has 0 radical (unpaired) electrons. The molecule has 2 nitrogen and oxygen atoms in total. The Bertz CT molecular complexity index is 354. The standard InChI is InChI=1S/C13H18O2/c1-4-14-12-6-5-11(9-10(12)2)13(3)7-8-15-13/h5-6,9H,4,7-8H2,1-3H3. The molecule has 1 aliphatic heterocycles. The van der Waals surface area contributed by atoms with Gasteiger partial charge in [0.15, 0.2) is 0 Å². The fourth-order valence-electron chi connectivity index (χ4n) is 1.93. The molecule has 82 valence electrons. The Hall–Kier alpha value is -1.02. The van der Waals surface area contributed by atoms with Crippen molar-refractivity contribution in [3.63, 3.8) is 0 Å². The summed E-state index contributed by atoms with van der Waals surface area (Å²) in [6.07, 6.45) is 1.11. The van der Waals surface area contributed by atoms with Gasteiger partial charge in [-0.1, -0.05) is 6.07 Å². The third-order valence-electron chi connectivity index (χ3n) is 3.09. The third kappa shape index (κ3) is 1.86. The fraction of sp³-hybridized carbons (Fsp3) is 0.538. The highest BCUT2D eigenvalue weighted by Gasteiger charge is 2.35. The lowest BCUT2D eigenvalue weighted by molar-refractivity contribution is -0.140. The van der Waals surface area contributed by atoms with Crippen molar-refractivity contribution in [3.05, 3.63) is 29.3 Å².